The molecule has 7 heteroatoms. The number of halogens is 1. The molecule has 2 heterocycles. The van der Waals surface area contributed by atoms with Crippen LogP contribution in [0.25, 0.3) is 11.3 Å². The lowest BCUT2D eigenvalue weighted by molar-refractivity contribution is -0.125. The van der Waals surface area contributed by atoms with Gasteiger partial charge in [0.25, 0.3) is 0 Å². The molecule has 2 aromatic rings. The second-order valence-electron chi connectivity index (χ2n) is 6.37. The van der Waals surface area contributed by atoms with Crippen molar-refractivity contribution in [2.24, 2.45) is 0 Å². The van der Waals surface area contributed by atoms with Crippen molar-refractivity contribution >= 4 is 17.5 Å². The number of hydrogen-bond acceptors (Lipinski definition) is 5. The minimum absolute atomic E-state index is 0.0601. The molecule has 0 unspecified atom stereocenters. The quantitative estimate of drug-likeness (QED) is 0.771. The van der Waals surface area contributed by atoms with Gasteiger partial charge in [0.15, 0.2) is 11.5 Å². The first-order valence-electron chi connectivity index (χ1n) is 8.73. The SMILES string of the molecule is C=CCNC(=O)[C@H](C)N1CCOc2c(O)cc(-c3ccc(Cl)cn3)cc2C1. The van der Waals surface area contributed by atoms with Crippen molar-refractivity contribution in [3.8, 4) is 22.8 Å². The van der Waals surface area contributed by atoms with Crippen molar-refractivity contribution in [1.82, 2.24) is 15.2 Å². The molecule has 0 bridgehead atoms. The highest BCUT2D eigenvalue weighted by atomic mass is 35.5. The topological polar surface area (TPSA) is 74.7 Å². The van der Waals surface area contributed by atoms with Gasteiger partial charge in [-0.05, 0) is 31.2 Å². The van der Waals surface area contributed by atoms with Crippen LogP contribution in [0.2, 0.25) is 5.02 Å². The number of nitrogens with zero attached hydrogens (tertiary/aromatic N) is 2. The number of aromatic hydroxyl groups is 1. The van der Waals surface area contributed by atoms with Gasteiger partial charge in [-0.25, -0.2) is 0 Å². The van der Waals surface area contributed by atoms with E-state index >= 15 is 0 Å². The molecule has 0 saturated carbocycles. The largest absolute Gasteiger partial charge is 0.504 e. The number of carbonyl (C=O) groups is 1. The van der Waals surface area contributed by atoms with Crippen LogP contribution in [0.3, 0.4) is 0 Å². The van der Waals surface area contributed by atoms with E-state index in [1.54, 1.807) is 30.5 Å². The third kappa shape index (κ3) is 4.40. The molecule has 3 rings (SSSR count). The summed E-state index contributed by atoms with van der Waals surface area (Å²) in [6, 6.07) is 6.77. The summed E-state index contributed by atoms with van der Waals surface area (Å²) in [6.07, 6.45) is 3.21. The van der Waals surface area contributed by atoms with Gasteiger partial charge in [0.2, 0.25) is 5.91 Å². The molecule has 1 aliphatic heterocycles. The summed E-state index contributed by atoms with van der Waals surface area (Å²) in [7, 11) is 0. The summed E-state index contributed by atoms with van der Waals surface area (Å²) < 4.78 is 5.75. The standard InChI is InChI=1S/C20H22ClN3O3/c1-3-6-22-20(26)13(2)24-7-8-27-19-15(12-24)9-14(10-18(19)25)17-5-4-16(21)11-23-17/h3-5,9-11,13,25H,1,6-8,12H2,2H3,(H,22,26)/t13-/m0/s1. The normalized spacial score (nSPS) is 15.2. The molecule has 27 heavy (non-hydrogen) atoms. The molecule has 2 N–H and O–H groups in total. The maximum absolute atomic E-state index is 12.3. The van der Waals surface area contributed by atoms with Gasteiger partial charge in [0.1, 0.15) is 6.61 Å². The Morgan fingerprint density at radius 2 is 2.33 bits per heavy atom. The Morgan fingerprint density at radius 3 is 3.04 bits per heavy atom. The molecule has 0 fully saturated rings. The smallest absolute Gasteiger partial charge is 0.237 e. The molecular formula is C20H22ClN3O3. The molecule has 0 saturated heterocycles. The maximum Gasteiger partial charge on any atom is 0.237 e. The highest BCUT2D eigenvalue weighted by Crippen LogP contribution is 2.37. The molecule has 1 aromatic carbocycles. The fourth-order valence-electron chi connectivity index (χ4n) is 3.03. The van der Waals surface area contributed by atoms with Crippen LogP contribution in [-0.2, 0) is 11.3 Å². The average Bonchev–Trinajstić information content (AvgIpc) is 2.89. The average molecular weight is 388 g/mol. The number of rotatable bonds is 5. The fraction of sp³-hybridized carbons (Fsp3) is 0.300. The van der Waals surface area contributed by atoms with Crippen molar-refractivity contribution < 1.29 is 14.6 Å². The summed E-state index contributed by atoms with van der Waals surface area (Å²) in [5, 5.41) is 13.8. The molecule has 6 nitrogen and oxygen atoms in total. The highest BCUT2D eigenvalue weighted by molar-refractivity contribution is 6.30. The first kappa shape index (κ1) is 19.2. The zero-order valence-electron chi connectivity index (χ0n) is 15.1. The number of carbonyl (C=O) groups excluding carboxylic acids is 1. The second-order valence-corrected chi connectivity index (χ2v) is 6.81. The van der Waals surface area contributed by atoms with Crippen LogP contribution in [0, 0.1) is 0 Å². The van der Waals surface area contributed by atoms with Crippen LogP contribution in [0.4, 0.5) is 0 Å². The molecule has 1 amide bonds. The lowest BCUT2D eigenvalue weighted by Gasteiger charge is -2.26. The Balaban J connectivity index is 1.88. The van der Waals surface area contributed by atoms with E-state index in [0.29, 0.717) is 42.7 Å². The van der Waals surface area contributed by atoms with Crippen LogP contribution in [0.5, 0.6) is 11.5 Å². The van der Waals surface area contributed by atoms with Gasteiger partial charge in [0, 0.05) is 37.0 Å². The Bertz CT molecular complexity index is 839. The Kier molecular flexibility index (Phi) is 5.98. The van der Waals surface area contributed by atoms with Gasteiger partial charge in [-0.2, -0.15) is 0 Å². The summed E-state index contributed by atoms with van der Waals surface area (Å²) in [6.45, 7) is 7.34. The van der Waals surface area contributed by atoms with E-state index in [1.807, 2.05) is 17.9 Å². The molecule has 0 radical (unpaired) electrons. The van der Waals surface area contributed by atoms with Crippen molar-refractivity contribution in [3.63, 3.8) is 0 Å². The van der Waals surface area contributed by atoms with E-state index < -0.39 is 0 Å². The number of phenolic OH excluding ortho intramolecular Hbond substituents is 1. The van der Waals surface area contributed by atoms with Gasteiger partial charge >= 0.3 is 0 Å². The van der Waals surface area contributed by atoms with Gasteiger partial charge in [0.05, 0.1) is 16.8 Å². The van der Waals surface area contributed by atoms with E-state index in [4.69, 9.17) is 16.3 Å². The summed E-state index contributed by atoms with van der Waals surface area (Å²) in [5.41, 5.74) is 2.27. The van der Waals surface area contributed by atoms with Gasteiger partial charge in [-0.15, -0.1) is 6.58 Å². The lowest BCUT2D eigenvalue weighted by atomic mass is 10.0. The van der Waals surface area contributed by atoms with E-state index in [-0.39, 0.29) is 17.7 Å². The Morgan fingerprint density at radius 1 is 1.52 bits per heavy atom. The predicted molar refractivity (Wildman–Crippen MR) is 105 cm³/mol. The molecule has 0 aliphatic carbocycles. The summed E-state index contributed by atoms with van der Waals surface area (Å²) in [5.74, 6) is 0.442. The monoisotopic (exact) mass is 387 g/mol. The number of aromatic nitrogens is 1. The predicted octanol–water partition coefficient (Wildman–Crippen LogP) is 2.99. The van der Waals surface area contributed by atoms with Crippen LogP contribution < -0.4 is 10.1 Å². The fourth-order valence-corrected chi connectivity index (χ4v) is 3.14. The number of phenols is 1. The first-order chi connectivity index (χ1) is 13.0. The zero-order valence-corrected chi connectivity index (χ0v) is 15.9. The van der Waals surface area contributed by atoms with Gasteiger partial charge < -0.3 is 15.2 Å². The van der Waals surface area contributed by atoms with Crippen molar-refractivity contribution in [2.45, 2.75) is 19.5 Å². The van der Waals surface area contributed by atoms with E-state index in [1.165, 1.54) is 0 Å². The van der Waals surface area contributed by atoms with Gasteiger partial charge in [-0.1, -0.05) is 17.7 Å². The van der Waals surface area contributed by atoms with Gasteiger partial charge in [-0.3, -0.25) is 14.7 Å². The maximum atomic E-state index is 12.3. The highest BCUT2D eigenvalue weighted by Gasteiger charge is 2.26. The van der Waals surface area contributed by atoms with E-state index in [0.717, 1.165) is 11.1 Å². The van der Waals surface area contributed by atoms with Crippen LogP contribution in [-0.4, -0.2) is 46.6 Å². The molecule has 1 aromatic heterocycles. The third-order valence-corrected chi connectivity index (χ3v) is 4.74. The third-order valence-electron chi connectivity index (χ3n) is 4.52. The van der Waals surface area contributed by atoms with E-state index in [9.17, 15) is 9.90 Å². The second kappa shape index (κ2) is 8.41. The zero-order chi connectivity index (χ0) is 19.4. The molecular weight excluding hydrogens is 366 g/mol. The van der Waals surface area contributed by atoms with Crippen molar-refractivity contribution in [1.29, 1.82) is 0 Å². The number of pyridine rings is 1. The number of benzene rings is 1. The number of amides is 1. The Hall–Kier alpha value is -2.57. The summed E-state index contributed by atoms with van der Waals surface area (Å²) >= 11 is 5.90. The number of fused-ring (bicyclic) bond motifs is 1. The number of hydrogen-bond donors (Lipinski definition) is 2. The lowest BCUT2D eigenvalue weighted by Crippen LogP contribution is -2.45. The summed E-state index contributed by atoms with van der Waals surface area (Å²) in [4.78, 5) is 18.6. The van der Waals surface area contributed by atoms with Crippen LogP contribution >= 0.6 is 11.6 Å². The molecule has 1 atom stereocenters. The minimum atomic E-state index is -0.334. The first-order valence-corrected chi connectivity index (χ1v) is 9.10. The Labute approximate surface area is 163 Å². The van der Waals surface area contributed by atoms with E-state index in [2.05, 4.69) is 16.9 Å². The molecule has 1 aliphatic rings. The van der Waals surface area contributed by atoms with Crippen LogP contribution in [0.1, 0.15) is 12.5 Å². The molecule has 0 spiro atoms. The minimum Gasteiger partial charge on any atom is -0.504 e. The number of nitrogens with one attached hydrogen (secondary N) is 1. The van der Waals surface area contributed by atoms with Crippen molar-refractivity contribution in [3.05, 3.63) is 53.7 Å². The number of ether oxygens (including phenoxy) is 1. The van der Waals surface area contributed by atoms with Crippen LogP contribution in [0.15, 0.2) is 43.1 Å². The van der Waals surface area contributed by atoms with Crippen molar-refractivity contribution in [2.75, 3.05) is 19.7 Å². The molecule has 142 valence electrons.